The molecule has 0 saturated carbocycles. The van der Waals surface area contributed by atoms with Crippen LogP contribution in [0, 0.1) is 12.3 Å². The predicted molar refractivity (Wildman–Crippen MR) is 109 cm³/mol. The Morgan fingerprint density at radius 3 is 2.75 bits per heavy atom. The van der Waals surface area contributed by atoms with Gasteiger partial charge >= 0.3 is 0 Å². The number of rotatable bonds is 5. The largest absolute Gasteiger partial charge is 0.484 e. The lowest BCUT2D eigenvalue weighted by Crippen LogP contribution is -2.48. The molecule has 28 heavy (non-hydrogen) atoms. The molecule has 148 valence electrons. The van der Waals surface area contributed by atoms with Crippen LogP contribution in [-0.2, 0) is 11.3 Å². The number of carbonyl (C=O) groups excluding carboxylic acids is 1. The van der Waals surface area contributed by atoms with Crippen LogP contribution in [0.15, 0.2) is 48.5 Å². The molecule has 1 aromatic carbocycles. The number of hydrogen-bond donors (Lipinski definition) is 0. The highest BCUT2D eigenvalue weighted by molar-refractivity contribution is 5.78. The van der Waals surface area contributed by atoms with Gasteiger partial charge in [0.2, 0.25) is 0 Å². The first kappa shape index (κ1) is 18.9. The minimum absolute atomic E-state index is 0.0988. The van der Waals surface area contributed by atoms with E-state index in [4.69, 9.17) is 4.74 Å². The van der Waals surface area contributed by atoms with Crippen LogP contribution in [0.3, 0.4) is 0 Å². The van der Waals surface area contributed by atoms with E-state index in [0.29, 0.717) is 0 Å². The Kier molecular flexibility index (Phi) is 5.62. The highest BCUT2D eigenvalue weighted by atomic mass is 16.5. The third kappa shape index (κ3) is 4.53. The molecule has 0 N–H and O–H groups in total. The number of hydrogen-bond acceptors (Lipinski definition) is 4. The van der Waals surface area contributed by atoms with Gasteiger partial charge in [0.25, 0.3) is 5.91 Å². The van der Waals surface area contributed by atoms with Gasteiger partial charge in [-0.15, -0.1) is 0 Å². The van der Waals surface area contributed by atoms with Gasteiger partial charge in [-0.1, -0.05) is 24.3 Å². The molecule has 2 aromatic rings. The van der Waals surface area contributed by atoms with Crippen molar-refractivity contribution in [2.75, 3.05) is 32.8 Å². The van der Waals surface area contributed by atoms with Crippen molar-refractivity contribution in [1.82, 2.24) is 14.8 Å². The fourth-order valence-electron chi connectivity index (χ4n) is 4.59. The minimum Gasteiger partial charge on any atom is -0.484 e. The summed E-state index contributed by atoms with van der Waals surface area (Å²) in [4.78, 5) is 21.9. The number of ether oxygens (including phenoxy) is 1. The number of piperidine rings is 1. The molecule has 0 bridgehead atoms. The molecular weight excluding hydrogens is 350 g/mol. The number of pyridine rings is 1. The Morgan fingerprint density at radius 2 is 1.93 bits per heavy atom. The van der Waals surface area contributed by atoms with Gasteiger partial charge in [-0.25, -0.2) is 0 Å². The number of carbonyl (C=O) groups is 1. The number of nitrogens with zero attached hydrogens (tertiary/aromatic N) is 3. The summed E-state index contributed by atoms with van der Waals surface area (Å²) in [5.74, 6) is 0.849. The standard InChI is InChI=1S/C23H29N3O2/c1-19-7-5-8-20(24-19)15-25-14-12-23(17-25)11-6-13-26(18-23)22(27)16-28-21-9-3-2-4-10-21/h2-5,7-10H,6,11-18H2,1H3. The molecular formula is C23H29N3O2. The Balaban J connectivity index is 1.32. The predicted octanol–water partition coefficient (Wildman–Crippen LogP) is 3.28. The number of para-hydroxylation sites is 1. The maximum absolute atomic E-state index is 12.7. The van der Waals surface area contributed by atoms with Crippen LogP contribution in [0.5, 0.6) is 5.75 Å². The normalized spacial score (nSPS) is 22.5. The molecule has 2 saturated heterocycles. The van der Waals surface area contributed by atoms with Crippen molar-refractivity contribution < 1.29 is 9.53 Å². The van der Waals surface area contributed by atoms with E-state index < -0.39 is 0 Å². The van der Waals surface area contributed by atoms with E-state index in [0.717, 1.165) is 62.7 Å². The second-order valence-electron chi connectivity index (χ2n) is 8.25. The molecule has 2 fully saturated rings. The zero-order valence-electron chi connectivity index (χ0n) is 16.6. The maximum atomic E-state index is 12.7. The lowest BCUT2D eigenvalue weighted by molar-refractivity contribution is -0.136. The molecule has 3 heterocycles. The van der Waals surface area contributed by atoms with Crippen LogP contribution < -0.4 is 4.74 Å². The van der Waals surface area contributed by atoms with E-state index in [1.807, 2.05) is 48.2 Å². The van der Waals surface area contributed by atoms with Crippen molar-refractivity contribution in [3.63, 3.8) is 0 Å². The summed E-state index contributed by atoms with van der Waals surface area (Å²) in [5.41, 5.74) is 2.43. The first-order valence-corrected chi connectivity index (χ1v) is 10.2. The third-order valence-corrected chi connectivity index (χ3v) is 5.97. The second-order valence-corrected chi connectivity index (χ2v) is 8.25. The van der Waals surface area contributed by atoms with Gasteiger partial charge in [0.05, 0.1) is 5.69 Å². The molecule has 0 aliphatic carbocycles. The molecule has 1 unspecified atom stereocenters. The molecule has 0 radical (unpaired) electrons. The number of aromatic nitrogens is 1. The van der Waals surface area contributed by atoms with E-state index in [1.165, 1.54) is 6.42 Å². The van der Waals surface area contributed by atoms with Crippen LogP contribution in [0.1, 0.15) is 30.7 Å². The van der Waals surface area contributed by atoms with E-state index in [9.17, 15) is 4.79 Å². The molecule has 5 nitrogen and oxygen atoms in total. The van der Waals surface area contributed by atoms with Crippen LogP contribution in [-0.4, -0.2) is 53.5 Å². The average Bonchev–Trinajstić information content (AvgIpc) is 3.08. The van der Waals surface area contributed by atoms with Gasteiger partial charge in [-0.3, -0.25) is 14.7 Å². The Bertz CT molecular complexity index is 811. The SMILES string of the molecule is Cc1cccc(CN2CCC3(CCCN(C(=O)COc4ccccc4)C3)C2)n1. The van der Waals surface area contributed by atoms with Gasteiger partial charge in [-0.05, 0) is 57.0 Å². The lowest BCUT2D eigenvalue weighted by Gasteiger charge is -2.40. The summed E-state index contributed by atoms with van der Waals surface area (Å²) in [5, 5.41) is 0. The van der Waals surface area contributed by atoms with Crippen molar-refractivity contribution >= 4 is 5.91 Å². The fraction of sp³-hybridized carbons (Fsp3) is 0.478. The van der Waals surface area contributed by atoms with Crippen molar-refractivity contribution in [2.24, 2.45) is 5.41 Å². The van der Waals surface area contributed by atoms with Gasteiger partial charge in [0.15, 0.2) is 6.61 Å². The van der Waals surface area contributed by atoms with E-state index in [2.05, 4.69) is 22.0 Å². The summed E-state index contributed by atoms with van der Waals surface area (Å²) in [6, 6.07) is 15.8. The van der Waals surface area contributed by atoms with Crippen molar-refractivity contribution in [3.8, 4) is 5.75 Å². The molecule has 4 rings (SSSR count). The fourth-order valence-corrected chi connectivity index (χ4v) is 4.59. The summed E-state index contributed by atoms with van der Waals surface area (Å²) < 4.78 is 5.67. The van der Waals surface area contributed by atoms with Crippen molar-refractivity contribution in [3.05, 3.63) is 59.9 Å². The number of likely N-dealkylation sites (tertiary alicyclic amines) is 2. The highest BCUT2D eigenvalue weighted by Gasteiger charge is 2.42. The highest BCUT2D eigenvalue weighted by Crippen LogP contribution is 2.39. The molecule has 1 amide bonds. The smallest absolute Gasteiger partial charge is 0.260 e. The summed E-state index contributed by atoms with van der Waals surface area (Å²) in [6.45, 7) is 6.88. The Hall–Kier alpha value is -2.40. The van der Waals surface area contributed by atoms with Gasteiger partial charge in [0.1, 0.15) is 5.75 Å². The first-order valence-electron chi connectivity index (χ1n) is 10.2. The first-order chi connectivity index (χ1) is 13.6. The number of benzene rings is 1. The zero-order valence-corrected chi connectivity index (χ0v) is 16.6. The van der Waals surface area contributed by atoms with Crippen LogP contribution in [0.4, 0.5) is 0 Å². The van der Waals surface area contributed by atoms with Crippen molar-refractivity contribution in [1.29, 1.82) is 0 Å². The molecule has 5 heteroatoms. The molecule has 1 spiro atoms. The maximum Gasteiger partial charge on any atom is 0.260 e. The minimum atomic E-state index is 0.0988. The molecule has 1 atom stereocenters. The van der Waals surface area contributed by atoms with E-state index in [-0.39, 0.29) is 17.9 Å². The topological polar surface area (TPSA) is 45.7 Å². The van der Waals surface area contributed by atoms with Gasteiger partial charge in [0, 0.05) is 37.3 Å². The summed E-state index contributed by atoms with van der Waals surface area (Å²) in [6.07, 6.45) is 3.43. The third-order valence-electron chi connectivity index (χ3n) is 5.97. The average molecular weight is 380 g/mol. The van der Waals surface area contributed by atoms with Crippen LogP contribution in [0.2, 0.25) is 0 Å². The lowest BCUT2D eigenvalue weighted by atomic mass is 9.79. The molecule has 1 aromatic heterocycles. The van der Waals surface area contributed by atoms with E-state index >= 15 is 0 Å². The summed E-state index contributed by atoms with van der Waals surface area (Å²) >= 11 is 0. The zero-order chi connectivity index (χ0) is 19.4. The van der Waals surface area contributed by atoms with Crippen LogP contribution in [0.25, 0.3) is 0 Å². The molecule has 2 aliphatic rings. The van der Waals surface area contributed by atoms with Gasteiger partial charge < -0.3 is 9.64 Å². The monoisotopic (exact) mass is 379 g/mol. The second kappa shape index (κ2) is 8.31. The van der Waals surface area contributed by atoms with Crippen molar-refractivity contribution in [2.45, 2.75) is 32.7 Å². The van der Waals surface area contributed by atoms with E-state index in [1.54, 1.807) is 0 Å². The Morgan fingerprint density at radius 1 is 1.07 bits per heavy atom. The quantitative estimate of drug-likeness (QED) is 0.800. The van der Waals surface area contributed by atoms with Gasteiger partial charge in [-0.2, -0.15) is 0 Å². The number of aryl methyl sites for hydroxylation is 1. The van der Waals surface area contributed by atoms with Crippen LogP contribution >= 0.6 is 0 Å². The number of amides is 1. The summed E-state index contributed by atoms with van der Waals surface area (Å²) in [7, 11) is 0. The molecule has 2 aliphatic heterocycles. The Labute approximate surface area is 167 Å².